The van der Waals surface area contributed by atoms with Crippen LogP contribution in [0, 0.1) is 11.3 Å². The molecule has 1 amide bonds. The average molecular weight is 399 g/mol. The van der Waals surface area contributed by atoms with Crippen LogP contribution in [0.15, 0.2) is 35.3 Å². The predicted molar refractivity (Wildman–Crippen MR) is 115 cm³/mol. The van der Waals surface area contributed by atoms with E-state index >= 15 is 0 Å². The lowest BCUT2D eigenvalue weighted by atomic mass is 9.95. The van der Waals surface area contributed by atoms with Gasteiger partial charge in [0.25, 0.3) is 0 Å². The minimum Gasteiger partial charge on any atom is -0.378 e. The molecule has 1 aromatic carbocycles. The van der Waals surface area contributed by atoms with Crippen LogP contribution in [0.5, 0.6) is 0 Å². The second kappa shape index (κ2) is 9.16. The summed E-state index contributed by atoms with van der Waals surface area (Å²) in [6.07, 6.45) is 5.51. The van der Waals surface area contributed by atoms with Crippen LogP contribution in [0.25, 0.3) is 0 Å². The fraction of sp³-hybridized carbons (Fsp3) is 0.652. The lowest BCUT2D eigenvalue weighted by Crippen LogP contribution is -2.50. The monoisotopic (exact) mass is 398 g/mol. The van der Waals surface area contributed by atoms with Gasteiger partial charge in [-0.15, -0.1) is 0 Å². The Balaban J connectivity index is 1.25. The summed E-state index contributed by atoms with van der Waals surface area (Å²) in [5.74, 6) is 1.45. The summed E-state index contributed by atoms with van der Waals surface area (Å²) in [4.78, 5) is 21.6. The first-order valence-electron chi connectivity index (χ1n) is 11.1. The zero-order valence-electron chi connectivity index (χ0n) is 17.6. The molecule has 0 radical (unpaired) electrons. The van der Waals surface area contributed by atoms with E-state index in [1.807, 2.05) is 11.9 Å². The van der Waals surface area contributed by atoms with Gasteiger partial charge in [0, 0.05) is 45.7 Å². The van der Waals surface area contributed by atoms with Gasteiger partial charge in [-0.1, -0.05) is 30.3 Å². The second-order valence-corrected chi connectivity index (χ2v) is 8.76. The lowest BCUT2D eigenvalue weighted by Gasteiger charge is -2.37. The van der Waals surface area contributed by atoms with Gasteiger partial charge in [0.05, 0.1) is 13.2 Å². The summed E-state index contributed by atoms with van der Waals surface area (Å²) in [6.45, 7) is 5.59. The predicted octanol–water partition coefficient (Wildman–Crippen LogP) is 2.16. The van der Waals surface area contributed by atoms with Crippen LogP contribution in [0.3, 0.4) is 0 Å². The number of likely N-dealkylation sites (tertiary alicyclic amines) is 1. The lowest BCUT2D eigenvalue weighted by molar-refractivity contribution is -0.140. The van der Waals surface area contributed by atoms with Gasteiger partial charge in [-0.3, -0.25) is 9.79 Å². The Morgan fingerprint density at radius 1 is 1.10 bits per heavy atom. The van der Waals surface area contributed by atoms with Crippen LogP contribution in [-0.4, -0.2) is 74.7 Å². The number of amides is 1. The number of aliphatic imine (C=N–C) groups is 1. The molecular formula is C23H34N4O2. The third-order valence-corrected chi connectivity index (χ3v) is 6.68. The highest BCUT2D eigenvalue weighted by Crippen LogP contribution is 2.47. The topological polar surface area (TPSA) is 57.2 Å². The number of piperidine rings is 1. The third-order valence-electron chi connectivity index (χ3n) is 6.68. The minimum absolute atomic E-state index is 0.148. The van der Waals surface area contributed by atoms with Crippen LogP contribution >= 0.6 is 0 Å². The second-order valence-electron chi connectivity index (χ2n) is 8.76. The van der Waals surface area contributed by atoms with Crippen molar-refractivity contribution in [2.24, 2.45) is 16.3 Å². The van der Waals surface area contributed by atoms with Crippen molar-refractivity contribution in [3.05, 3.63) is 35.9 Å². The molecule has 2 saturated heterocycles. The van der Waals surface area contributed by atoms with Gasteiger partial charge < -0.3 is 19.9 Å². The van der Waals surface area contributed by atoms with Crippen molar-refractivity contribution in [1.82, 2.24) is 15.1 Å². The molecule has 1 aromatic rings. The van der Waals surface area contributed by atoms with Crippen LogP contribution in [0.1, 0.15) is 31.2 Å². The van der Waals surface area contributed by atoms with E-state index in [0.29, 0.717) is 24.5 Å². The van der Waals surface area contributed by atoms with Crippen molar-refractivity contribution in [2.75, 3.05) is 53.0 Å². The zero-order valence-corrected chi connectivity index (χ0v) is 17.6. The molecule has 0 bridgehead atoms. The van der Waals surface area contributed by atoms with Crippen LogP contribution in [-0.2, 0) is 16.0 Å². The maximum absolute atomic E-state index is 12.7. The first kappa shape index (κ1) is 20.2. The molecule has 0 unspecified atom stereocenters. The fourth-order valence-electron chi connectivity index (χ4n) is 4.60. The highest BCUT2D eigenvalue weighted by atomic mass is 16.5. The number of carbonyl (C=O) groups excluding carboxylic acids is 1. The van der Waals surface area contributed by atoms with E-state index in [-0.39, 0.29) is 5.92 Å². The molecule has 6 nitrogen and oxygen atoms in total. The van der Waals surface area contributed by atoms with Crippen molar-refractivity contribution < 1.29 is 9.53 Å². The van der Waals surface area contributed by atoms with Crippen LogP contribution in [0.4, 0.5) is 0 Å². The fourth-order valence-corrected chi connectivity index (χ4v) is 4.60. The number of benzene rings is 1. The maximum Gasteiger partial charge on any atom is 0.225 e. The molecule has 1 aliphatic carbocycles. The van der Waals surface area contributed by atoms with E-state index in [1.165, 1.54) is 18.4 Å². The molecular weight excluding hydrogens is 364 g/mol. The quantitative estimate of drug-likeness (QED) is 0.610. The molecule has 0 aromatic heterocycles. The van der Waals surface area contributed by atoms with Gasteiger partial charge in [-0.05, 0) is 43.1 Å². The number of ether oxygens (including phenoxy) is 1. The molecule has 29 heavy (non-hydrogen) atoms. The summed E-state index contributed by atoms with van der Waals surface area (Å²) in [6, 6.07) is 10.8. The highest BCUT2D eigenvalue weighted by molar-refractivity contribution is 5.82. The summed E-state index contributed by atoms with van der Waals surface area (Å²) in [5.41, 5.74) is 1.80. The Kier molecular flexibility index (Phi) is 6.38. The van der Waals surface area contributed by atoms with E-state index in [2.05, 4.69) is 45.5 Å². The van der Waals surface area contributed by atoms with E-state index in [4.69, 9.17) is 4.74 Å². The summed E-state index contributed by atoms with van der Waals surface area (Å²) in [7, 11) is 1.87. The molecule has 158 valence electrons. The minimum atomic E-state index is 0.148. The average Bonchev–Trinajstić information content (AvgIpc) is 3.55. The summed E-state index contributed by atoms with van der Waals surface area (Å²) < 4.78 is 5.37. The van der Waals surface area contributed by atoms with Gasteiger partial charge in [0.15, 0.2) is 5.96 Å². The van der Waals surface area contributed by atoms with Gasteiger partial charge in [-0.25, -0.2) is 0 Å². The molecule has 0 spiro atoms. The highest BCUT2D eigenvalue weighted by Gasteiger charge is 2.42. The Hall–Kier alpha value is -2.08. The molecule has 3 fully saturated rings. The Morgan fingerprint density at radius 3 is 2.41 bits per heavy atom. The van der Waals surface area contributed by atoms with Crippen molar-refractivity contribution in [2.45, 2.75) is 32.1 Å². The normalized spacial score (nSPS) is 22.4. The molecule has 6 heteroatoms. The SMILES string of the molecule is CN=C(NCC1(Cc2ccccc2)CC1)N1CCC(C(=O)N2CCOCC2)CC1. The number of carbonyl (C=O) groups is 1. The first-order chi connectivity index (χ1) is 14.2. The Labute approximate surface area is 174 Å². The maximum atomic E-state index is 12.7. The molecule has 3 aliphatic rings. The number of nitrogens with zero attached hydrogens (tertiary/aromatic N) is 3. The van der Waals surface area contributed by atoms with Crippen LogP contribution < -0.4 is 5.32 Å². The number of hydrogen-bond donors (Lipinski definition) is 1. The van der Waals surface area contributed by atoms with Crippen molar-refractivity contribution >= 4 is 11.9 Å². The van der Waals surface area contributed by atoms with Gasteiger partial charge in [0.2, 0.25) is 5.91 Å². The molecule has 1 saturated carbocycles. The number of morpholine rings is 1. The molecule has 0 atom stereocenters. The van der Waals surface area contributed by atoms with E-state index in [0.717, 1.165) is 57.9 Å². The smallest absolute Gasteiger partial charge is 0.225 e. The van der Waals surface area contributed by atoms with Crippen LogP contribution in [0.2, 0.25) is 0 Å². The number of hydrogen-bond acceptors (Lipinski definition) is 3. The Morgan fingerprint density at radius 2 is 1.79 bits per heavy atom. The Bertz CT molecular complexity index is 703. The van der Waals surface area contributed by atoms with Crippen molar-refractivity contribution in [1.29, 1.82) is 0 Å². The summed E-state index contributed by atoms with van der Waals surface area (Å²) >= 11 is 0. The van der Waals surface area contributed by atoms with Crippen molar-refractivity contribution in [3.8, 4) is 0 Å². The summed E-state index contributed by atoms with van der Waals surface area (Å²) in [5, 5.41) is 3.63. The van der Waals surface area contributed by atoms with Gasteiger partial charge in [-0.2, -0.15) is 0 Å². The molecule has 4 rings (SSSR count). The van der Waals surface area contributed by atoms with E-state index in [9.17, 15) is 4.79 Å². The van der Waals surface area contributed by atoms with E-state index in [1.54, 1.807) is 0 Å². The molecule has 1 N–H and O–H groups in total. The molecule has 2 heterocycles. The van der Waals surface area contributed by atoms with Crippen molar-refractivity contribution in [3.63, 3.8) is 0 Å². The number of guanidine groups is 1. The first-order valence-corrected chi connectivity index (χ1v) is 11.1. The zero-order chi connectivity index (χ0) is 20.1. The largest absolute Gasteiger partial charge is 0.378 e. The number of rotatable bonds is 5. The standard InChI is InChI=1S/C23H34N4O2/c1-24-22(25-18-23(9-10-23)17-19-5-3-2-4-6-19)27-11-7-20(8-12-27)21(28)26-13-15-29-16-14-26/h2-6,20H,7-18H2,1H3,(H,24,25). The van der Waals surface area contributed by atoms with Gasteiger partial charge in [0.1, 0.15) is 0 Å². The molecule has 2 aliphatic heterocycles. The van der Waals surface area contributed by atoms with Gasteiger partial charge >= 0.3 is 0 Å². The number of nitrogens with one attached hydrogen (secondary N) is 1. The third kappa shape index (κ3) is 5.10. The van der Waals surface area contributed by atoms with E-state index < -0.39 is 0 Å².